The van der Waals surface area contributed by atoms with Gasteiger partial charge in [-0.1, -0.05) is 29.3 Å². The van der Waals surface area contributed by atoms with Gasteiger partial charge in [0.25, 0.3) is 0 Å². The van der Waals surface area contributed by atoms with Crippen molar-refractivity contribution >= 4 is 51.4 Å². The van der Waals surface area contributed by atoms with Crippen LogP contribution in [-0.4, -0.2) is 16.9 Å². The topological polar surface area (TPSA) is 83.1 Å². The van der Waals surface area contributed by atoms with Gasteiger partial charge in [-0.3, -0.25) is 10.1 Å². The molecular formula is C19H17ClN4O2S. The van der Waals surface area contributed by atoms with Gasteiger partial charge >= 0.3 is 6.03 Å². The minimum Gasteiger partial charge on any atom is -0.326 e. The van der Waals surface area contributed by atoms with Crippen LogP contribution in [0.4, 0.5) is 21.3 Å². The predicted octanol–water partition coefficient (Wildman–Crippen LogP) is 4.93. The lowest BCUT2D eigenvalue weighted by Gasteiger charge is -2.05. The molecule has 0 atom stereocenters. The number of aromatic nitrogens is 1. The van der Waals surface area contributed by atoms with E-state index < -0.39 is 6.03 Å². The number of nitrogens with one attached hydrogen (secondary N) is 3. The summed E-state index contributed by atoms with van der Waals surface area (Å²) in [5.74, 6) is -0.165. The summed E-state index contributed by atoms with van der Waals surface area (Å²) < 4.78 is 0. The first-order chi connectivity index (χ1) is 13.0. The van der Waals surface area contributed by atoms with Gasteiger partial charge in [0, 0.05) is 21.8 Å². The fraction of sp³-hybridized carbons (Fsp3) is 0.105. The molecule has 0 unspecified atom stereocenters. The van der Waals surface area contributed by atoms with Crippen LogP contribution in [-0.2, 0) is 11.2 Å². The minimum absolute atomic E-state index is 0.130. The Morgan fingerprint density at radius 1 is 0.963 bits per heavy atom. The van der Waals surface area contributed by atoms with Crippen molar-refractivity contribution in [3.63, 3.8) is 0 Å². The van der Waals surface area contributed by atoms with E-state index in [0.717, 1.165) is 11.3 Å². The predicted molar refractivity (Wildman–Crippen MR) is 110 cm³/mol. The van der Waals surface area contributed by atoms with Crippen LogP contribution in [0.3, 0.4) is 0 Å². The van der Waals surface area contributed by atoms with Crippen molar-refractivity contribution in [2.75, 3.05) is 16.0 Å². The van der Waals surface area contributed by atoms with Crippen LogP contribution in [0.15, 0.2) is 53.9 Å². The standard InChI is InChI=1S/C19H17ClN4O2S/c1-12-2-6-14(7-3-12)21-17(25)10-16-11-27-19(23-16)24-18(26)22-15-8-4-13(20)5-9-15/h2-9,11H,10H2,1H3,(H,21,25)(H2,22,23,24,26). The normalized spacial score (nSPS) is 10.3. The third-order valence-corrected chi connectivity index (χ3v) is 4.61. The molecule has 27 heavy (non-hydrogen) atoms. The highest BCUT2D eigenvalue weighted by atomic mass is 35.5. The third kappa shape index (κ3) is 5.80. The molecule has 0 fully saturated rings. The molecule has 1 heterocycles. The highest BCUT2D eigenvalue weighted by Crippen LogP contribution is 2.18. The van der Waals surface area contributed by atoms with E-state index in [1.54, 1.807) is 29.6 Å². The molecule has 3 rings (SSSR count). The van der Waals surface area contributed by atoms with Crippen molar-refractivity contribution in [1.29, 1.82) is 0 Å². The van der Waals surface area contributed by atoms with Crippen LogP contribution in [0.5, 0.6) is 0 Å². The number of carbonyl (C=O) groups is 2. The van der Waals surface area contributed by atoms with Crippen LogP contribution < -0.4 is 16.0 Å². The molecule has 0 aliphatic heterocycles. The van der Waals surface area contributed by atoms with Gasteiger partial charge in [0.2, 0.25) is 5.91 Å². The van der Waals surface area contributed by atoms with E-state index >= 15 is 0 Å². The molecule has 0 aliphatic carbocycles. The van der Waals surface area contributed by atoms with Crippen LogP contribution in [0.2, 0.25) is 5.02 Å². The summed E-state index contributed by atoms with van der Waals surface area (Å²) in [6.07, 6.45) is 0.130. The molecule has 3 aromatic rings. The number of hydrogen-bond acceptors (Lipinski definition) is 4. The van der Waals surface area contributed by atoms with E-state index in [0.29, 0.717) is 21.5 Å². The summed E-state index contributed by atoms with van der Waals surface area (Å²) >= 11 is 7.07. The molecule has 2 aromatic carbocycles. The lowest BCUT2D eigenvalue weighted by atomic mass is 10.2. The van der Waals surface area contributed by atoms with Gasteiger partial charge in [0.05, 0.1) is 12.1 Å². The second-order valence-electron chi connectivity index (χ2n) is 5.82. The quantitative estimate of drug-likeness (QED) is 0.567. The fourth-order valence-corrected chi connectivity index (χ4v) is 3.08. The lowest BCUT2D eigenvalue weighted by molar-refractivity contribution is -0.115. The van der Waals surface area contributed by atoms with Crippen molar-refractivity contribution in [1.82, 2.24) is 4.98 Å². The first kappa shape index (κ1) is 18.9. The average Bonchev–Trinajstić information content (AvgIpc) is 3.05. The zero-order chi connectivity index (χ0) is 19.2. The molecule has 8 heteroatoms. The molecule has 0 bridgehead atoms. The summed E-state index contributed by atoms with van der Waals surface area (Å²) in [4.78, 5) is 28.4. The summed E-state index contributed by atoms with van der Waals surface area (Å²) in [6.45, 7) is 1.98. The van der Waals surface area contributed by atoms with Gasteiger partial charge in [-0.25, -0.2) is 9.78 Å². The fourth-order valence-electron chi connectivity index (χ4n) is 2.24. The van der Waals surface area contributed by atoms with Crippen molar-refractivity contribution in [2.45, 2.75) is 13.3 Å². The summed E-state index contributed by atoms with van der Waals surface area (Å²) in [6, 6.07) is 13.9. The Morgan fingerprint density at radius 2 is 1.59 bits per heavy atom. The number of amides is 3. The Hall–Kier alpha value is -2.90. The van der Waals surface area contributed by atoms with Gasteiger partial charge in [0.1, 0.15) is 0 Å². The van der Waals surface area contributed by atoms with E-state index in [1.807, 2.05) is 31.2 Å². The number of thiazole rings is 1. The molecule has 0 spiro atoms. The Labute approximate surface area is 165 Å². The SMILES string of the molecule is Cc1ccc(NC(=O)Cc2csc(NC(=O)Nc3ccc(Cl)cc3)n2)cc1. The molecule has 0 aliphatic rings. The molecule has 3 N–H and O–H groups in total. The highest BCUT2D eigenvalue weighted by Gasteiger charge is 2.10. The monoisotopic (exact) mass is 400 g/mol. The maximum Gasteiger partial charge on any atom is 0.325 e. The number of hydrogen-bond donors (Lipinski definition) is 3. The first-order valence-electron chi connectivity index (χ1n) is 8.12. The minimum atomic E-state index is -0.415. The maximum atomic E-state index is 12.1. The second-order valence-corrected chi connectivity index (χ2v) is 7.12. The molecule has 0 radical (unpaired) electrons. The van der Waals surface area contributed by atoms with Crippen LogP contribution in [0.25, 0.3) is 0 Å². The Balaban J connectivity index is 1.51. The number of nitrogens with zero attached hydrogens (tertiary/aromatic N) is 1. The van der Waals surface area contributed by atoms with Gasteiger partial charge in [0.15, 0.2) is 5.13 Å². The number of rotatable bonds is 5. The Morgan fingerprint density at radius 3 is 2.30 bits per heavy atom. The molecule has 3 amide bonds. The van der Waals surface area contributed by atoms with E-state index in [4.69, 9.17) is 11.6 Å². The Kier molecular flexibility index (Phi) is 6.05. The number of aryl methyl sites for hydroxylation is 1. The average molecular weight is 401 g/mol. The number of halogens is 1. The lowest BCUT2D eigenvalue weighted by Crippen LogP contribution is -2.19. The second kappa shape index (κ2) is 8.66. The molecule has 138 valence electrons. The van der Waals surface area contributed by atoms with Crippen LogP contribution >= 0.6 is 22.9 Å². The zero-order valence-electron chi connectivity index (χ0n) is 14.5. The van der Waals surface area contributed by atoms with Crippen molar-refractivity contribution < 1.29 is 9.59 Å². The van der Waals surface area contributed by atoms with E-state index in [2.05, 4.69) is 20.9 Å². The van der Waals surface area contributed by atoms with Gasteiger partial charge in [-0.05, 0) is 43.3 Å². The largest absolute Gasteiger partial charge is 0.326 e. The van der Waals surface area contributed by atoms with E-state index in [9.17, 15) is 9.59 Å². The highest BCUT2D eigenvalue weighted by molar-refractivity contribution is 7.14. The summed E-state index contributed by atoms with van der Waals surface area (Å²) in [7, 11) is 0. The molecule has 0 saturated carbocycles. The zero-order valence-corrected chi connectivity index (χ0v) is 16.0. The van der Waals surface area contributed by atoms with Crippen LogP contribution in [0.1, 0.15) is 11.3 Å². The maximum absolute atomic E-state index is 12.1. The number of anilines is 3. The number of benzene rings is 2. The smallest absolute Gasteiger partial charge is 0.325 e. The van der Waals surface area contributed by atoms with Crippen molar-refractivity contribution in [3.05, 3.63) is 70.2 Å². The third-order valence-electron chi connectivity index (χ3n) is 3.55. The summed E-state index contributed by atoms with van der Waals surface area (Å²) in [5.41, 5.74) is 3.07. The number of urea groups is 1. The van der Waals surface area contributed by atoms with Gasteiger partial charge in [-0.15, -0.1) is 11.3 Å². The molecular weight excluding hydrogens is 384 g/mol. The van der Waals surface area contributed by atoms with E-state index in [1.165, 1.54) is 11.3 Å². The molecule has 0 saturated heterocycles. The molecule has 6 nitrogen and oxygen atoms in total. The van der Waals surface area contributed by atoms with Gasteiger partial charge in [-0.2, -0.15) is 0 Å². The van der Waals surface area contributed by atoms with Crippen molar-refractivity contribution in [3.8, 4) is 0 Å². The summed E-state index contributed by atoms with van der Waals surface area (Å²) in [5, 5.41) is 10.9. The van der Waals surface area contributed by atoms with E-state index in [-0.39, 0.29) is 12.3 Å². The Bertz CT molecular complexity index is 863. The molecule has 1 aromatic heterocycles. The van der Waals surface area contributed by atoms with Crippen LogP contribution in [0, 0.1) is 6.92 Å². The first-order valence-corrected chi connectivity index (χ1v) is 9.38. The van der Waals surface area contributed by atoms with Crippen molar-refractivity contribution in [2.24, 2.45) is 0 Å². The van der Waals surface area contributed by atoms with Gasteiger partial charge < -0.3 is 10.6 Å². The number of carbonyl (C=O) groups excluding carboxylic acids is 2.